The highest BCUT2D eigenvalue weighted by molar-refractivity contribution is 6.35. The molecule has 5 nitrogen and oxygen atoms in total. The van der Waals surface area contributed by atoms with Crippen LogP contribution >= 0.6 is 35.6 Å². The van der Waals surface area contributed by atoms with E-state index >= 15 is 0 Å². The Labute approximate surface area is 138 Å². The van der Waals surface area contributed by atoms with Crippen molar-refractivity contribution in [3.63, 3.8) is 0 Å². The van der Waals surface area contributed by atoms with Gasteiger partial charge in [-0.15, -0.1) is 12.4 Å². The molecule has 21 heavy (non-hydrogen) atoms. The maximum atomic E-state index is 6.02. The van der Waals surface area contributed by atoms with Gasteiger partial charge in [-0.2, -0.15) is 4.98 Å². The summed E-state index contributed by atoms with van der Waals surface area (Å²) in [5, 5.41) is 8.20. The zero-order valence-electron chi connectivity index (χ0n) is 11.0. The van der Waals surface area contributed by atoms with Gasteiger partial charge in [-0.1, -0.05) is 28.4 Å². The lowest BCUT2D eigenvalue weighted by Crippen LogP contribution is -2.08. The highest BCUT2D eigenvalue weighted by Crippen LogP contribution is 2.28. The third-order valence-electron chi connectivity index (χ3n) is 3.14. The fourth-order valence-electron chi connectivity index (χ4n) is 2.09. The minimum absolute atomic E-state index is 0. The second-order valence-electron chi connectivity index (χ2n) is 4.60. The summed E-state index contributed by atoms with van der Waals surface area (Å²) < 4.78 is 10.8. The topological polar surface area (TPSA) is 60.2 Å². The maximum Gasteiger partial charge on any atom is 0.231 e. The molecule has 0 saturated carbocycles. The standard InChI is InChI=1S/C13H13Cl2N3O2.ClH/c14-9-1-2-11(10(15)5-9)19-7-12-17-13(20-18-12)8-3-4-16-6-8;/h1-2,5,8,16H,3-4,6-7H2;1H. The molecule has 1 saturated heterocycles. The number of nitrogens with zero attached hydrogens (tertiary/aromatic N) is 2. The molecule has 2 heterocycles. The van der Waals surface area contributed by atoms with Crippen molar-refractivity contribution < 1.29 is 9.26 Å². The Balaban J connectivity index is 0.00000161. The lowest BCUT2D eigenvalue weighted by atomic mass is 10.1. The molecule has 0 aliphatic carbocycles. The third-order valence-corrected chi connectivity index (χ3v) is 3.67. The first-order valence-corrected chi connectivity index (χ1v) is 7.09. The zero-order valence-corrected chi connectivity index (χ0v) is 13.3. The van der Waals surface area contributed by atoms with E-state index in [2.05, 4.69) is 15.5 Å². The Morgan fingerprint density at radius 2 is 2.24 bits per heavy atom. The second-order valence-corrected chi connectivity index (χ2v) is 5.45. The van der Waals surface area contributed by atoms with Gasteiger partial charge < -0.3 is 14.6 Å². The van der Waals surface area contributed by atoms with Gasteiger partial charge in [0.25, 0.3) is 0 Å². The van der Waals surface area contributed by atoms with Gasteiger partial charge >= 0.3 is 0 Å². The summed E-state index contributed by atoms with van der Waals surface area (Å²) in [6.45, 7) is 2.08. The molecular weight excluding hydrogens is 337 g/mol. The van der Waals surface area contributed by atoms with Gasteiger partial charge in [-0.3, -0.25) is 0 Å². The predicted octanol–water partition coefficient (Wildman–Crippen LogP) is 3.45. The fourth-order valence-corrected chi connectivity index (χ4v) is 2.55. The molecule has 114 valence electrons. The van der Waals surface area contributed by atoms with Crippen molar-refractivity contribution in [1.29, 1.82) is 0 Å². The van der Waals surface area contributed by atoms with E-state index < -0.39 is 0 Å². The van der Waals surface area contributed by atoms with Crippen LogP contribution in [0.5, 0.6) is 5.75 Å². The number of hydrogen-bond acceptors (Lipinski definition) is 5. The van der Waals surface area contributed by atoms with Crippen LogP contribution in [0.25, 0.3) is 0 Å². The SMILES string of the molecule is Cl.Clc1ccc(OCc2noc(C3CCNC3)n2)c(Cl)c1. The number of ether oxygens (including phenoxy) is 1. The van der Waals surface area contributed by atoms with E-state index in [4.69, 9.17) is 32.5 Å². The average molecular weight is 351 g/mol. The largest absolute Gasteiger partial charge is 0.484 e. The molecule has 0 amide bonds. The van der Waals surface area contributed by atoms with Crippen LogP contribution < -0.4 is 10.1 Å². The molecule has 1 N–H and O–H groups in total. The molecule has 1 atom stereocenters. The minimum atomic E-state index is 0. The summed E-state index contributed by atoms with van der Waals surface area (Å²) in [6.07, 6.45) is 1.02. The summed E-state index contributed by atoms with van der Waals surface area (Å²) >= 11 is 11.8. The number of aromatic nitrogens is 2. The zero-order chi connectivity index (χ0) is 13.9. The Hall–Kier alpha value is -1.01. The normalized spacial score (nSPS) is 17.5. The van der Waals surface area contributed by atoms with Gasteiger partial charge in [0.2, 0.25) is 11.7 Å². The number of benzene rings is 1. The number of halogens is 3. The predicted molar refractivity (Wildman–Crippen MR) is 82.6 cm³/mol. The van der Waals surface area contributed by atoms with Crippen LogP contribution in [0.2, 0.25) is 10.0 Å². The fraction of sp³-hybridized carbons (Fsp3) is 0.385. The smallest absolute Gasteiger partial charge is 0.231 e. The first kappa shape index (κ1) is 16.4. The van der Waals surface area contributed by atoms with Crippen LogP contribution in [0.4, 0.5) is 0 Å². The first-order chi connectivity index (χ1) is 9.72. The average Bonchev–Trinajstić information content (AvgIpc) is 3.08. The molecule has 2 aromatic rings. The minimum Gasteiger partial charge on any atom is -0.484 e. The van der Waals surface area contributed by atoms with Gasteiger partial charge in [0, 0.05) is 11.6 Å². The molecular formula is C13H14Cl3N3O2. The van der Waals surface area contributed by atoms with Crippen LogP contribution in [0, 0.1) is 0 Å². The van der Waals surface area contributed by atoms with Crippen molar-refractivity contribution >= 4 is 35.6 Å². The third kappa shape index (κ3) is 4.01. The van der Waals surface area contributed by atoms with Crippen LogP contribution in [0.1, 0.15) is 24.1 Å². The first-order valence-electron chi connectivity index (χ1n) is 6.33. The molecule has 1 aliphatic heterocycles. The van der Waals surface area contributed by atoms with Crippen LogP contribution in [0.15, 0.2) is 22.7 Å². The number of nitrogens with one attached hydrogen (secondary N) is 1. The van der Waals surface area contributed by atoms with E-state index in [1.54, 1.807) is 18.2 Å². The Kier molecular flexibility index (Phi) is 5.70. The number of hydrogen-bond donors (Lipinski definition) is 1. The van der Waals surface area contributed by atoms with Crippen molar-refractivity contribution in [3.05, 3.63) is 40.0 Å². The van der Waals surface area contributed by atoms with Gasteiger partial charge in [0.15, 0.2) is 6.61 Å². The van der Waals surface area contributed by atoms with Crippen LogP contribution in [-0.4, -0.2) is 23.2 Å². The molecule has 1 aromatic carbocycles. The summed E-state index contributed by atoms with van der Waals surface area (Å²) in [4.78, 5) is 4.34. The molecule has 0 spiro atoms. The van der Waals surface area contributed by atoms with Crippen molar-refractivity contribution in [3.8, 4) is 5.75 Å². The lowest BCUT2D eigenvalue weighted by Gasteiger charge is -2.05. The molecule has 1 unspecified atom stereocenters. The van der Waals surface area contributed by atoms with Crippen LogP contribution in [0.3, 0.4) is 0 Å². The Morgan fingerprint density at radius 1 is 1.38 bits per heavy atom. The molecule has 1 fully saturated rings. The van der Waals surface area contributed by atoms with E-state index in [1.165, 1.54) is 0 Å². The van der Waals surface area contributed by atoms with E-state index in [0.29, 0.717) is 33.4 Å². The van der Waals surface area contributed by atoms with Gasteiger partial charge in [0.05, 0.1) is 10.9 Å². The summed E-state index contributed by atoms with van der Waals surface area (Å²) in [5.74, 6) is 2.02. The van der Waals surface area contributed by atoms with E-state index in [0.717, 1.165) is 19.5 Å². The second kappa shape index (κ2) is 7.31. The highest BCUT2D eigenvalue weighted by atomic mass is 35.5. The van der Waals surface area contributed by atoms with Crippen molar-refractivity contribution in [2.45, 2.75) is 18.9 Å². The van der Waals surface area contributed by atoms with Crippen molar-refractivity contribution in [1.82, 2.24) is 15.5 Å². The molecule has 3 rings (SSSR count). The molecule has 0 radical (unpaired) electrons. The Bertz CT molecular complexity index is 600. The summed E-state index contributed by atoms with van der Waals surface area (Å²) in [6, 6.07) is 5.06. The summed E-state index contributed by atoms with van der Waals surface area (Å²) in [5.41, 5.74) is 0. The highest BCUT2D eigenvalue weighted by Gasteiger charge is 2.22. The van der Waals surface area contributed by atoms with Gasteiger partial charge in [-0.05, 0) is 31.2 Å². The Morgan fingerprint density at radius 3 is 2.95 bits per heavy atom. The number of rotatable bonds is 4. The molecule has 1 aliphatic rings. The maximum absolute atomic E-state index is 6.02. The quantitative estimate of drug-likeness (QED) is 0.915. The van der Waals surface area contributed by atoms with Gasteiger partial charge in [0.1, 0.15) is 5.75 Å². The van der Waals surface area contributed by atoms with Gasteiger partial charge in [-0.25, -0.2) is 0 Å². The summed E-state index contributed by atoms with van der Waals surface area (Å²) in [7, 11) is 0. The molecule has 1 aromatic heterocycles. The lowest BCUT2D eigenvalue weighted by molar-refractivity contribution is 0.284. The van der Waals surface area contributed by atoms with Crippen molar-refractivity contribution in [2.75, 3.05) is 13.1 Å². The monoisotopic (exact) mass is 349 g/mol. The molecule has 8 heteroatoms. The van der Waals surface area contributed by atoms with E-state index in [1.807, 2.05) is 0 Å². The van der Waals surface area contributed by atoms with Crippen LogP contribution in [-0.2, 0) is 6.61 Å². The van der Waals surface area contributed by atoms with Crippen molar-refractivity contribution in [2.24, 2.45) is 0 Å². The molecule has 0 bridgehead atoms. The van der Waals surface area contributed by atoms with E-state index in [9.17, 15) is 0 Å². The van der Waals surface area contributed by atoms with E-state index in [-0.39, 0.29) is 19.0 Å².